The first-order valence-corrected chi connectivity index (χ1v) is 11.7. The second-order valence-electron chi connectivity index (χ2n) is 8.91. The molecule has 16 heteroatoms. The Hall–Kier alpha value is -3.46. The molecule has 4 bridgehead atoms. The first-order chi connectivity index (χ1) is 18.1. The lowest BCUT2D eigenvalue weighted by Crippen LogP contribution is -2.42. The van der Waals surface area contributed by atoms with Gasteiger partial charge >= 0.3 is 12.4 Å². The van der Waals surface area contributed by atoms with Gasteiger partial charge in [-0.15, -0.1) is 10.2 Å². The summed E-state index contributed by atoms with van der Waals surface area (Å²) < 4.78 is 102. The van der Waals surface area contributed by atoms with Gasteiger partial charge in [0.2, 0.25) is 5.60 Å². The van der Waals surface area contributed by atoms with Gasteiger partial charge in [-0.1, -0.05) is 18.0 Å². The van der Waals surface area contributed by atoms with E-state index in [-0.39, 0.29) is 36.4 Å². The van der Waals surface area contributed by atoms with Crippen molar-refractivity contribution in [2.45, 2.75) is 50.2 Å². The van der Waals surface area contributed by atoms with Crippen LogP contribution in [-0.4, -0.2) is 43.8 Å². The second-order valence-corrected chi connectivity index (χ2v) is 9.34. The minimum Gasteiger partial charge on any atom is -0.416 e. The van der Waals surface area contributed by atoms with Crippen LogP contribution in [0.3, 0.4) is 0 Å². The average Bonchev–Trinajstić information content (AvgIpc) is 3.30. The van der Waals surface area contributed by atoms with Crippen molar-refractivity contribution in [1.82, 2.24) is 20.1 Å². The Balaban J connectivity index is 1.88. The standard InChI is InChI=1S/C23H19ClF7N5O3/c24-12-6-11(7-13(25)8-12)10-36-5-3-1-2-4-21(38,23(29,30)31)20-35-34-18(39-20)17-15(32)9-14(22(26,27)28)16(33-17)19(36)37/h6-9,38H,1-5,10,32H2/t21-/m1/s1. The molecule has 0 fully saturated rings. The van der Waals surface area contributed by atoms with E-state index in [4.69, 9.17) is 21.8 Å². The number of pyridine rings is 1. The number of hydrogen-bond acceptors (Lipinski definition) is 7. The highest BCUT2D eigenvalue weighted by Gasteiger charge is 2.58. The number of amides is 1. The van der Waals surface area contributed by atoms with Gasteiger partial charge in [0.15, 0.2) is 5.69 Å². The van der Waals surface area contributed by atoms with E-state index < -0.39 is 77.1 Å². The third-order valence-corrected chi connectivity index (χ3v) is 6.28. The van der Waals surface area contributed by atoms with Gasteiger partial charge in [0, 0.05) is 18.1 Å². The Kier molecular flexibility index (Phi) is 7.51. The Morgan fingerprint density at radius 1 is 1.05 bits per heavy atom. The molecule has 8 nitrogen and oxygen atoms in total. The highest BCUT2D eigenvalue weighted by Crippen LogP contribution is 2.43. The Labute approximate surface area is 220 Å². The van der Waals surface area contributed by atoms with Crippen LogP contribution in [0.2, 0.25) is 5.02 Å². The monoisotopic (exact) mass is 581 g/mol. The largest absolute Gasteiger partial charge is 0.426 e. The van der Waals surface area contributed by atoms with E-state index in [1.54, 1.807) is 0 Å². The van der Waals surface area contributed by atoms with Gasteiger partial charge in [-0.25, -0.2) is 9.37 Å². The van der Waals surface area contributed by atoms with Crippen LogP contribution < -0.4 is 5.73 Å². The molecule has 0 spiro atoms. The van der Waals surface area contributed by atoms with E-state index in [1.165, 1.54) is 6.07 Å². The molecule has 1 amide bonds. The molecule has 1 aliphatic rings. The summed E-state index contributed by atoms with van der Waals surface area (Å²) in [6.45, 7) is -0.638. The molecule has 1 aromatic carbocycles. The van der Waals surface area contributed by atoms with Crippen molar-refractivity contribution < 1.29 is 45.1 Å². The number of aromatic nitrogens is 3. The number of nitrogen functional groups attached to an aromatic ring is 1. The molecule has 0 saturated heterocycles. The molecule has 3 N–H and O–H groups in total. The Morgan fingerprint density at radius 2 is 1.77 bits per heavy atom. The van der Waals surface area contributed by atoms with E-state index in [9.17, 15) is 40.6 Å². The predicted octanol–water partition coefficient (Wildman–Crippen LogP) is 5.49. The number of rotatable bonds is 2. The van der Waals surface area contributed by atoms with Crippen LogP contribution in [0.4, 0.5) is 36.4 Å². The fourth-order valence-electron chi connectivity index (χ4n) is 4.12. The first-order valence-electron chi connectivity index (χ1n) is 11.4. The maximum absolute atomic E-state index is 13.9. The normalized spacial score (nSPS) is 19.2. The number of halogens is 8. The quantitative estimate of drug-likeness (QED) is 0.384. The summed E-state index contributed by atoms with van der Waals surface area (Å²) in [7, 11) is 0. The number of nitrogens with two attached hydrogens (primary N) is 1. The lowest BCUT2D eigenvalue weighted by molar-refractivity contribution is -0.277. The highest BCUT2D eigenvalue weighted by atomic mass is 35.5. The summed E-state index contributed by atoms with van der Waals surface area (Å²) in [5.74, 6) is -4.06. The molecule has 0 radical (unpaired) electrons. The summed E-state index contributed by atoms with van der Waals surface area (Å²) in [6.07, 6.45) is -11.4. The van der Waals surface area contributed by atoms with Crippen LogP contribution in [0, 0.1) is 5.82 Å². The molecule has 1 aliphatic heterocycles. The smallest absolute Gasteiger partial charge is 0.416 e. The molecule has 39 heavy (non-hydrogen) atoms. The topological polar surface area (TPSA) is 118 Å². The summed E-state index contributed by atoms with van der Waals surface area (Å²) >= 11 is 5.87. The van der Waals surface area contributed by atoms with Crippen LogP contribution in [0.15, 0.2) is 28.7 Å². The fourth-order valence-corrected chi connectivity index (χ4v) is 4.36. The van der Waals surface area contributed by atoms with Gasteiger partial charge in [-0.2, -0.15) is 26.3 Å². The number of anilines is 1. The number of benzene rings is 1. The maximum Gasteiger partial charge on any atom is 0.426 e. The molecule has 2 aromatic heterocycles. The maximum atomic E-state index is 13.9. The van der Waals surface area contributed by atoms with Gasteiger partial charge in [0.25, 0.3) is 17.7 Å². The molecule has 0 unspecified atom stereocenters. The van der Waals surface area contributed by atoms with Crippen molar-refractivity contribution in [1.29, 1.82) is 0 Å². The van der Waals surface area contributed by atoms with Crippen molar-refractivity contribution in [3.05, 3.63) is 57.8 Å². The second kappa shape index (κ2) is 10.3. The number of fused-ring (bicyclic) bond motifs is 5. The highest BCUT2D eigenvalue weighted by molar-refractivity contribution is 6.30. The lowest BCUT2D eigenvalue weighted by Gasteiger charge is -2.27. The summed E-state index contributed by atoms with van der Waals surface area (Å²) in [5.41, 5.74) is -1.79. The van der Waals surface area contributed by atoms with Crippen LogP contribution in [0.25, 0.3) is 11.6 Å². The minimum atomic E-state index is -5.24. The molecule has 0 saturated carbocycles. The number of carbonyl (C=O) groups is 1. The predicted molar refractivity (Wildman–Crippen MR) is 122 cm³/mol. The van der Waals surface area contributed by atoms with Gasteiger partial charge in [0.05, 0.1) is 11.3 Å². The van der Waals surface area contributed by atoms with Gasteiger partial charge in [0.1, 0.15) is 11.5 Å². The van der Waals surface area contributed by atoms with Gasteiger partial charge in [-0.05, 0) is 49.1 Å². The van der Waals surface area contributed by atoms with Crippen molar-refractivity contribution in [2.24, 2.45) is 0 Å². The molecule has 210 valence electrons. The van der Waals surface area contributed by atoms with Crippen molar-refractivity contribution >= 4 is 23.2 Å². The van der Waals surface area contributed by atoms with Crippen molar-refractivity contribution in [3.8, 4) is 11.6 Å². The van der Waals surface area contributed by atoms with Crippen molar-refractivity contribution in [2.75, 3.05) is 12.3 Å². The van der Waals surface area contributed by atoms with Crippen LogP contribution in [0.1, 0.15) is 53.2 Å². The number of carbonyl (C=O) groups excluding carboxylic acids is 1. The van der Waals surface area contributed by atoms with Gasteiger partial charge in [-0.3, -0.25) is 4.79 Å². The molecular formula is C23H19ClF7N5O3. The summed E-state index contributed by atoms with van der Waals surface area (Å²) in [6, 6.07) is 3.70. The summed E-state index contributed by atoms with van der Waals surface area (Å²) in [4.78, 5) is 18.1. The first kappa shape index (κ1) is 28.5. The Morgan fingerprint density at radius 3 is 2.41 bits per heavy atom. The molecular weight excluding hydrogens is 563 g/mol. The number of aliphatic hydroxyl groups is 1. The third kappa shape index (κ3) is 5.78. The van der Waals surface area contributed by atoms with E-state index >= 15 is 0 Å². The molecule has 0 aliphatic carbocycles. The fraction of sp³-hybridized carbons (Fsp3) is 0.391. The molecule has 4 rings (SSSR count). The van der Waals surface area contributed by atoms with Crippen LogP contribution in [-0.2, 0) is 18.3 Å². The lowest BCUT2D eigenvalue weighted by atomic mass is 9.95. The molecule has 1 atom stereocenters. The van der Waals surface area contributed by atoms with E-state index in [2.05, 4.69) is 15.2 Å². The van der Waals surface area contributed by atoms with Crippen molar-refractivity contribution in [3.63, 3.8) is 0 Å². The number of nitrogens with zero attached hydrogens (tertiary/aromatic N) is 4. The zero-order valence-corrected chi connectivity index (χ0v) is 20.5. The Bertz CT molecular complexity index is 1380. The minimum absolute atomic E-state index is 0.0135. The van der Waals surface area contributed by atoms with E-state index in [0.29, 0.717) is 6.07 Å². The zero-order valence-electron chi connectivity index (χ0n) is 19.7. The van der Waals surface area contributed by atoms with E-state index in [0.717, 1.165) is 17.0 Å². The zero-order chi connectivity index (χ0) is 28.8. The average molecular weight is 582 g/mol. The van der Waals surface area contributed by atoms with Crippen LogP contribution >= 0.6 is 11.6 Å². The molecule has 3 aromatic rings. The third-order valence-electron chi connectivity index (χ3n) is 6.06. The number of alkyl halides is 6. The SMILES string of the molecule is Nc1cc(C(F)(F)F)c2nc1-c1nnc(o1)[C@@](O)(C(F)(F)F)CCCCCN(Cc1cc(F)cc(Cl)c1)C2=O. The van der Waals surface area contributed by atoms with Crippen LogP contribution in [0.5, 0.6) is 0 Å². The molecule has 3 heterocycles. The van der Waals surface area contributed by atoms with Gasteiger partial charge < -0.3 is 20.2 Å². The van der Waals surface area contributed by atoms with E-state index in [1.807, 2.05) is 0 Å². The number of hydrogen-bond donors (Lipinski definition) is 2. The summed E-state index contributed by atoms with van der Waals surface area (Å²) in [5, 5.41) is 17.1.